The lowest BCUT2D eigenvalue weighted by atomic mass is 9.98. The zero-order valence-corrected chi connectivity index (χ0v) is 28.0. The molecule has 0 aliphatic carbocycles. The molecule has 4 aromatic heterocycles. The number of hydrogen-bond donors (Lipinski definition) is 0. The fourth-order valence-electron chi connectivity index (χ4n) is 7.87. The molecule has 52 heavy (non-hydrogen) atoms. The molecule has 0 saturated carbocycles. The largest absolute Gasteiger partial charge is 0.279 e. The maximum absolute atomic E-state index is 5.39. The summed E-state index contributed by atoms with van der Waals surface area (Å²) in [4.78, 5) is 15.8. The van der Waals surface area contributed by atoms with Gasteiger partial charge in [0.1, 0.15) is 5.65 Å². The maximum Gasteiger partial charge on any atom is 0.221 e. The number of nitrogens with zero attached hydrogens (tertiary/aromatic N) is 5. The van der Waals surface area contributed by atoms with Crippen molar-refractivity contribution in [3.63, 3.8) is 0 Å². The van der Waals surface area contributed by atoms with E-state index in [1.54, 1.807) is 0 Å². The molecule has 242 valence electrons. The van der Waals surface area contributed by atoms with Gasteiger partial charge in [0.2, 0.25) is 5.95 Å². The Bertz CT molecular complexity index is 3120. The van der Waals surface area contributed by atoms with Crippen LogP contribution in [0.2, 0.25) is 0 Å². The molecule has 0 atom stereocenters. The van der Waals surface area contributed by atoms with Crippen LogP contribution in [0.15, 0.2) is 176 Å². The van der Waals surface area contributed by atoms with Crippen molar-refractivity contribution in [1.29, 1.82) is 0 Å². The van der Waals surface area contributed by atoms with E-state index < -0.39 is 0 Å². The summed E-state index contributed by atoms with van der Waals surface area (Å²) < 4.78 is 4.54. The number of fused-ring (bicyclic) bond motifs is 10. The topological polar surface area (TPSA) is 48.0 Å². The Morgan fingerprint density at radius 1 is 0.365 bits per heavy atom. The molecule has 0 aliphatic heterocycles. The first kappa shape index (κ1) is 28.7. The highest BCUT2D eigenvalue weighted by Crippen LogP contribution is 2.40. The third kappa shape index (κ3) is 4.33. The van der Waals surface area contributed by atoms with Crippen molar-refractivity contribution in [2.45, 2.75) is 0 Å². The molecule has 11 aromatic rings. The van der Waals surface area contributed by atoms with Gasteiger partial charge in [0.05, 0.1) is 39.0 Å². The number of benzene rings is 7. The minimum Gasteiger partial charge on any atom is -0.279 e. The molecule has 0 saturated heterocycles. The van der Waals surface area contributed by atoms with Crippen molar-refractivity contribution in [3.05, 3.63) is 176 Å². The van der Waals surface area contributed by atoms with E-state index in [1.165, 1.54) is 16.2 Å². The summed E-state index contributed by atoms with van der Waals surface area (Å²) in [5, 5.41) is 5.74. The van der Waals surface area contributed by atoms with Gasteiger partial charge in [-0.05, 0) is 76.5 Å². The van der Waals surface area contributed by atoms with Crippen LogP contribution in [-0.2, 0) is 0 Å². The number of aromatic nitrogens is 5. The van der Waals surface area contributed by atoms with Gasteiger partial charge < -0.3 is 0 Å². The van der Waals surface area contributed by atoms with Crippen LogP contribution < -0.4 is 0 Å². The Labute approximate surface area is 298 Å². The summed E-state index contributed by atoms with van der Waals surface area (Å²) in [6.45, 7) is 0. The van der Waals surface area contributed by atoms with Crippen LogP contribution in [0.5, 0.6) is 0 Å². The average Bonchev–Trinajstić information content (AvgIpc) is 3.78. The summed E-state index contributed by atoms with van der Waals surface area (Å²) in [5.74, 6) is 0.806. The van der Waals surface area contributed by atoms with Crippen LogP contribution in [0.25, 0.3) is 99.8 Å². The lowest BCUT2D eigenvalue weighted by Gasteiger charge is -2.13. The van der Waals surface area contributed by atoms with Crippen molar-refractivity contribution < 1.29 is 0 Å². The molecule has 5 nitrogen and oxygen atoms in total. The fraction of sp³-hybridized carbons (Fsp3) is 0. The van der Waals surface area contributed by atoms with Crippen molar-refractivity contribution in [2.24, 2.45) is 0 Å². The Morgan fingerprint density at radius 3 is 1.85 bits per heavy atom. The molecule has 0 bridgehead atoms. The Hall–Kier alpha value is -7.11. The second-order valence-corrected chi connectivity index (χ2v) is 13.3. The van der Waals surface area contributed by atoms with E-state index in [0.717, 1.165) is 83.6 Å². The van der Waals surface area contributed by atoms with E-state index in [0.29, 0.717) is 0 Å². The highest BCUT2D eigenvalue weighted by atomic mass is 15.2. The molecule has 0 amide bonds. The minimum absolute atomic E-state index is 0.806. The van der Waals surface area contributed by atoms with Crippen LogP contribution in [0, 0.1) is 0 Å². The second kappa shape index (κ2) is 11.2. The zero-order chi connectivity index (χ0) is 34.2. The van der Waals surface area contributed by atoms with E-state index in [4.69, 9.17) is 15.0 Å². The Balaban J connectivity index is 1.24. The van der Waals surface area contributed by atoms with Crippen molar-refractivity contribution >= 4 is 60.2 Å². The van der Waals surface area contributed by atoms with E-state index in [2.05, 4.69) is 167 Å². The van der Waals surface area contributed by atoms with Crippen LogP contribution in [0.1, 0.15) is 0 Å². The third-order valence-corrected chi connectivity index (χ3v) is 10.3. The summed E-state index contributed by atoms with van der Waals surface area (Å²) in [6, 6.07) is 61.9. The molecule has 0 unspecified atom stereocenters. The quantitative estimate of drug-likeness (QED) is 0.188. The third-order valence-electron chi connectivity index (χ3n) is 10.3. The highest BCUT2D eigenvalue weighted by molar-refractivity contribution is 6.22. The first-order chi connectivity index (χ1) is 25.8. The monoisotopic (exact) mass is 663 g/mol. The van der Waals surface area contributed by atoms with Crippen molar-refractivity contribution in [3.8, 4) is 39.6 Å². The normalized spacial score (nSPS) is 11.8. The molecule has 5 heteroatoms. The molecule has 0 radical (unpaired) electrons. The first-order valence-corrected chi connectivity index (χ1v) is 17.5. The highest BCUT2D eigenvalue weighted by Gasteiger charge is 2.22. The van der Waals surface area contributed by atoms with E-state index >= 15 is 0 Å². The minimum atomic E-state index is 0.806. The van der Waals surface area contributed by atoms with Gasteiger partial charge in [0.25, 0.3) is 0 Å². The van der Waals surface area contributed by atoms with Gasteiger partial charge in [-0.25, -0.2) is 15.0 Å². The van der Waals surface area contributed by atoms with Crippen LogP contribution in [0.4, 0.5) is 0 Å². The lowest BCUT2D eigenvalue weighted by Crippen LogP contribution is -2.06. The lowest BCUT2D eigenvalue weighted by molar-refractivity contribution is 0.980. The summed E-state index contributed by atoms with van der Waals surface area (Å²) in [7, 11) is 0. The first-order valence-electron chi connectivity index (χ1n) is 17.5. The average molecular weight is 664 g/mol. The van der Waals surface area contributed by atoms with Gasteiger partial charge in [-0.3, -0.25) is 8.97 Å². The van der Waals surface area contributed by atoms with Gasteiger partial charge >= 0.3 is 0 Å². The predicted octanol–water partition coefficient (Wildman–Crippen LogP) is 11.7. The molecular formula is C47H29N5. The number of para-hydroxylation sites is 3. The molecule has 4 heterocycles. The Kier molecular flexibility index (Phi) is 6.18. The predicted molar refractivity (Wildman–Crippen MR) is 214 cm³/mol. The summed E-state index contributed by atoms with van der Waals surface area (Å²) in [5.41, 5.74) is 12.2. The van der Waals surface area contributed by atoms with Crippen molar-refractivity contribution in [2.75, 3.05) is 0 Å². The molecule has 7 aromatic carbocycles. The van der Waals surface area contributed by atoms with Gasteiger partial charge in [0, 0.05) is 27.3 Å². The maximum atomic E-state index is 5.39. The number of imidazole rings is 1. The SMILES string of the molecule is c1ccc(-c2cc(-c3ccccc3)nc(-c3ccc4c(c3)c3c5ccccc5ccc3n4-c3nc4ccccc4c4nc5ccccc5n34)c2)cc1. The van der Waals surface area contributed by atoms with Gasteiger partial charge in [-0.15, -0.1) is 0 Å². The Morgan fingerprint density at radius 2 is 1.02 bits per heavy atom. The summed E-state index contributed by atoms with van der Waals surface area (Å²) >= 11 is 0. The number of rotatable bonds is 4. The smallest absolute Gasteiger partial charge is 0.221 e. The molecule has 0 aliphatic rings. The zero-order valence-electron chi connectivity index (χ0n) is 28.0. The fourth-order valence-corrected chi connectivity index (χ4v) is 7.87. The van der Waals surface area contributed by atoms with E-state index in [9.17, 15) is 0 Å². The van der Waals surface area contributed by atoms with Crippen LogP contribution in [-0.4, -0.2) is 23.9 Å². The van der Waals surface area contributed by atoms with Crippen LogP contribution >= 0.6 is 0 Å². The standard InChI is InChI=1S/C47H29N5/c1-3-13-30(14-4-1)34-28-40(32-16-5-2-6-17-32)48-41(29-34)33-24-25-42-37(27-33)45-35-18-8-7-15-31(35)23-26-44(45)51(42)47-50-38-20-10-9-19-36(38)46-49-39-21-11-12-22-43(39)52(46)47/h1-29H. The van der Waals surface area contributed by atoms with E-state index in [1.807, 2.05) is 18.2 Å². The molecule has 11 rings (SSSR count). The second-order valence-electron chi connectivity index (χ2n) is 13.3. The van der Waals surface area contributed by atoms with Crippen LogP contribution in [0.3, 0.4) is 0 Å². The molecular weight excluding hydrogens is 635 g/mol. The number of pyridine rings is 1. The number of hydrogen-bond acceptors (Lipinski definition) is 3. The van der Waals surface area contributed by atoms with Gasteiger partial charge in [0.15, 0.2) is 0 Å². The van der Waals surface area contributed by atoms with Crippen molar-refractivity contribution in [1.82, 2.24) is 23.9 Å². The molecule has 0 spiro atoms. The molecule has 0 fully saturated rings. The van der Waals surface area contributed by atoms with Gasteiger partial charge in [-0.1, -0.05) is 121 Å². The van der Waals surface area contributed by atoms with Gasteiger partial charge in [-0.2, -0.15) is 0 Å². The van der Waals surface area contributed by atoms with E-state index in [-0.39, 0.29) is 0 Å². The molecule has 0 N–H and O–H groups in total. The summed E-state index contributed by atoms with van der Waals surface area (Å²) in [6.07, 6.45) is 0.